The minimum atomic E-state index is -0.356. The first-order chi connectivity index (χ1) is 16.5. The highest BCUT2D eigenvalue weighted by Crippen LogP contribution is 2.36. The lowest BCUT2D eigenvalue weighted by molar-refractivity contribution is -0.115. The zero-order chi connectivity index (χ0) is 23.7. The summed E-state index contributed by atoms with van der Waals surface area (Å²) < 4.78 is 13.2. The number of anilines is 1. The molecule has 4 aromatic rings. The van der Waals surface area contributed by atoms with Crippen LogP contribution in [0.3, 0.4) is 0 Å². The van der Waals surface area contributed by atoms with E-state index in [1.54, 1.807) is 36.4 Å². The van der Waals surface area contributed by atoms with Crippen molar-refractivity contribution in [2.75, 3.05) is 5.32 Å². The second-order valence-corrected chi connectivity index (χ2v) is 8.26. The largest absolute Gasteiger partial charge is 0.508 e. The van der Waals surface area contributed by atoms with Gasteiger partial charge in [-0.1, -0.05) is 30.3 Å². The van der Waals surface area contributed by atoms with Crippen LogP contribution in [0.1, 0.15) is 22.4 Å². The van der Waals surface area contributed by atoms with Gasteiger partial charge in [0.2, 0.25) is 5.91 Å². The van der Waals surface area contributed by atoms with Crippen molar-refractivity contribution < 1.29 is 19.4 Å². The molecule has 0 radical (unpaired) electrons. The zero-order valence-electron chi connectivity index (χ0n) is 18.3. The summed E-state index contributed by atoms with van der Waals surface area (Å²) in [5, 5.41) is 22.1. The SMILES string of the molecule is O=C(Cc1ccc(F)cc1)Nc1nc2c(nc1-c1ccc(O)cc1)-c1ccc(CO)cc1CC2. The van der Waals surface area contributed by atoms with Crippen molar-refractivity contribution in [2.45, 2.75) is 25.9 Å². The highest BCUT2D eigenvalue weighted by Gasteiger charge is 2.23. The molecule has 1 heterocycles. The van der Waals surface area contributed by atoms with Crippen molar-refractivity contribution in [3.8, 4) is 28.3 Å². The van der Waals surface area contributed by atoms with Crippen LogP contribution in [0, 0.1) is 5.82 Å². The van der Waals surface area contributed by atoms with Gasteiger partial charge in [-0.25, -0.2) is 14.4 Å². The van der Waals surface area contributed by atoms with E-state index in [-0.39, 0.29) is 30.5 Å². The van der Waals surface area contributed by atoms with E-state index in [9.17, 15) is 19.4 Å². The van der Waals surface area contributed by atoms with Crippen LogP contribution in [-0.4, -0.2) is 26.1 Å². The molecule has 0 unspecified atom stereocenters. The van der Waals surface area contributed by atoms with Gasteiger partial charge in [-0.2, -0.15) is 0 Å². The number of carbonyl (C=O) groups is 1. The Morgan fingerprint density at radius 1 is 0.912 bits per heavy atom. The quantitative estimate of drug-likeness (QED) is 0.414. The number of aryl methyl sites for hydroxylation is 2. The lowest BCUT2D eigenvalue weighted by Gasteiger charge is -2.21. The number of fused-ring (bicyclic) bond motifs is 3. The van der Waals surface area contributed by atoms with Crippen molar-refractivity contribution in [2.24, 2.45) is 0 Å². The lowest BCUT2D eigenvalue weighted by Crippen LogP contribution is -2.19. The van der Waals surface area contributed by atoms with Crippen LogP contribution in [0.15, 0.2) is 66.7 Å². The van der Waals surface area contributed by atoms with Gasteiger partial charge in [-0.15, -0.1) is 0 Å². The molecule has 3 N–H and O–H groups in total. The van der Waals surface area contributed by atoms with E-state index >= 15 is 0 Å². The van der Waals surface area contributed by atoms with Gasteiger partial charge in [0, 0.05) is 11.1 Å². The molecule has 34 heavy (non-hydrogen) atoms. The Morgan fingerprint density at radius 2 is 1.65 bits per heavy atom. The first-order valence-corrected chi connectivity index (χ1v) is 11.0. The third kappa shape index (κ3) is 4.38. The molecule has 0 aliphatic heterocycles. The van der Waals surface area contributed by atoms with Crippen LogP contribution in [0.4, 0.5) is 10.2 Å². The third-order valence-electron chi connectivity index (χ3n) is 5.88. The van der Waals surface area contributed by atoms with Gasteiger partial charge in [0.25, 0.3) is 0 Å². The standard InChI is InChI=1S/C27H22FN3O3/c28-20-7-1-16(2-8-20)14-24(34)30-27-25(18-4-9-21(33)10-5-18)31-26-22-11-3-17(15-32)13-19(22)6-12-23(26)29-27/h1-5,7-11,13,32-33H,6,12,14-15H2,(H,29,30,34). The summed E-state index contributed by atoms with van der Waals surface area (Å²) in [6, 6.07) is 18.2. The number of nitrogens with one attached hydrogen (secondary N) is 1. The normalized spacial score (nSPS) is 12.1. The molecule has 1 aliphatic carbocycles. The number of halogens is 1. The minimum Gasteiger partial charge on any atom is -0.508 e. The van der Waals surface area contributed by atoms with E-state index in [2.05, 4.69) is 5.32 Å². The summed E-state index contributed by atoms with van der Waals surface area (Å²) in [6.07, 6.45) is 1.48. The van der Waals surface area contributed by atoms with Crippen LogP contribution < -0.4 is 5.32 Å². The molecule has 5 rings (SSSR count). The predicted molar refractivity (Wildman–Crippen MR) is 127 cm³/mol. The van der Waals surface area contributed by atoms with Gasteiger partial charge in [0.05, 0.1) is 24.4 Å². The van der Waals surface area contributed by atoms with E-state index in [0.29, 0.717) is 29.1 Å². The molecule has 3 aromatic carbocycles. The number of benzene rings is 3. The number of phenolic OH excluding ortho intramolecular Hbond substituents is 1. The maximum absolute atomic E-state index is 13.2. The number of aliphatic hydroxyl groups excluding tert-OH is 1. The number of hydrogen-bond acceptors (Lipinski definition) is 5. The number of aromatic hydroxyl groups is 1. The van der Waals surface area contributed by atoms with Gasteiger partial charge in [0.15, 0.2) is 5.82 Å². The van der Waals surface area contributed by atoms with Crippen LogP contribution in [-0.2, 0) is 30.7 Å². The minimum absolute atomic E-state index is 0.0242. The molecule has 0 saturated heterocycles. The highest BCUT2D eigenvalue weighted by molar-refractivity contribution is 5.95. The maximum atomic E-state index is 13.2. The monoisotopic (exact) mass is 455 g/mol. The molecule has 1 aliphatic rings. The Morgan fingerprint density at radius 3 is 2.38 bits per heavy atom. The van der Waals surface area contributed by atoms with E-state index in [1.807, 2.05) is 18.2 Å². The Hall–Kier alpha value is -4.10. The molecule has 1 aromatic heterocycles. The summed E-state index contributed by atoms with van der Waals surface area (Å²) in [5.74, 6) is -0.180. The first kappa shape index (κ1) is 21.7. The van der Waals surface area contributed by atoms with Crippen molar-refractivity contribution in [1.82, 2.24) is 9.97 Å². The number of aliphatic hydroxyl groups is 1. The van der Waals surface area contributed by atoms with Gasteiger partial charge in [-0.3, -0.25) is 4.79 Å². The summed E-state index contributed by atoms with van der Waals surface area (Å²) >= 11 is 0. The summed E-state index contributed by atoms with van der Waals surface area (Å²) in [6.45, 7) is -0.0242. The second kappa shape index (κ2) is 9.03. The second-order valence-electron chi connectivity index (χ2n) is 8.26. The summed E-state index contributed by atoms with van der Waals surface area (Å²) in [5.41, 5.74) is 6.29. The van der Waals surface area contributed by atoms with Crippen LogP contribution in [0.25, 0.3) is 22.5 Å². The smallest absolute Gasteiger partial charge is 0.230 e. The number of aromatic nitrogens is 2. The zero-order valence-corrected chi connectivity index (χ0v) is 18.3. The topological polar surface area (TPSA) is 95.3 Å². The van der Waals surface area contributed by atoms with Crippen LogP contribution >= 0.6 is 0 Å². The molecule has 170 valence electrons. The average Bonchev–Trinajstić information content (AvgIpc) is 2.85. The van der Waals surface area contributed by atoms with Crippen LogP contribution in [0.5, 0.6) is 5.75 Å². The van der Waals surface area contributed by atoms with Crippen molar-refractivity contribution in [1.29, 1.82) is 0 Å². The molecule has 0 saturated carbocycles. The number of amides is 1. The Kier molecular flexibility index (Phi) is 5.77. The highest BCUT2D eigenvalue weighted by atomic mass is 19.1. The molecular weight excluding hydrogens is 433 g/mol. The number of nitrogens with zero attached hydrogens (tertiary/aromatic N) is 2. The van der Waals surface area contributed by atoms with Crippen molar-refractivity contribution >= 4 is 11.7 Å². The Bertz CT molecular complexity index is 1370. The van der Waals surface area contributed by atoms with E-state index < -0.39 is 0 Å². The fourth-order valence-corrected chi connectivity index (χ4v) is 4.17. The molecule has 7 heteroatoms. The predicted octanol–water partition coefficient (Wildman–Crippen LogP) is 4.43. The molecule has 6 nitrogen and oxygen atoms in total. The van der Waals surface area contributed by atoms with Crippen LogP contribution in [0.2, 0.25) is 0 Å². The third-order valence-corrected chi connectivity index (χ3v) is 5.88. The molecule has 0 bridgehead atoms. The van der Waals surface area contributed by atoms with E-state index in [0.717, 1.165) is 34.5 Å². The number of rotatable bonds is 5. The van der Waals surface area contributed by atoms with Gasteiger partial charge < -0.3 is 15.5 Å². The fourth-order valence-electron chi connectivity index (χ4n) is 4.17. The molecule has 0 atom stereocenters. The molecule has 0 spiro atoms. The van der Waals surface area contributed by atoms with Crippen molar-refractivity contribution in [3.63, 3.8) is 0 Å². The summed E-state index contributed by atoms with van der Waals surface area (Å²) in [4.78, 5) is 22.5. The number of phenols is 1. The number of hydrogen-bond donors (Lipinski definition) is 3. The van der Waals surface area contributed by atoms with Crippen molar-refractivity contribution in [3.05, 3.63) is 94.9 Å². The molecule has 0 fully saturated rings. The fraction of sp³-hybridized carbons (Fsp3) is 0.148. The summed E-state index contributed by atoms with van der Waals surface area (Å²) in [7, 11) is 0. The van der Waals surface area contributed by atoms with Gasteiger partial charge in [0.1, 0.15) is 17.3 Å². The van der Waals surface area contributed by atoms with E-state index in [4.69, 9.17) is 9.97 Å². The Balaban J connectivity index is 1.55. The lowest BCUT2D eigenvalue weighted by atomic mass is 9.90. The van der Waals surface area contributed by atoms with Gasteiger partial charge >= 0.3 is 0 Å². The Labute approximate surface area is 195 Å². The average molecular weight is 455 g/mol. The maximum Gasteiger partial charge on any atom is 0.230 e. The van der Waals surface area contributed by atoms with Gasteiger partial charge in [-0.05, 0) is 65.9 Å². The van der Waals surface area contributed by atoms with E-state index in [1.165, 1.54) is 12.1 Å². The number of carbonyl (C=O) groups excluding carboxylic acids is 1. The molecule has 1 amide bonds. The first-order valence-electron chi connectivity index (χ1n) is 11.0. The molecular formula is C27H22FN3O3.